The minimum Gasteiger partial charge on any atom is -0.296 e. The number of nitrogens with zero attached hydrogens (tertiary/aromatic N) is 3. The molecule has 0 spiro atoms. The molecular formula is C20H27N3S. The van der Waals surface area contributed by atoms with E-state index in [1.807, 2.05) is 5.51 Å². The van der Waals surface area contributed by atoms with Gasteiger partial charge in [-0.25, -0.2) is 4.98 Å². The SMILES string of the molecule is CCc1ccccc1CN1C[C@H]2CC[C@@H]1CN(Cc1cscn1)C2. The molecular weight excluding hydrogens is 314 g/mol. The Balaban J connectivity index is 1.46. The van der Waals surface area contributed by atoms with Crippen LogP contribution in [0.2, 0.25) is 0 Å². The second-order valence-corrected chi connectivity index (χ2v) is 8.04. The van der Waals surface area contributed by atoms with Gasteiger partial charge in [-0.2, -0.15) is 0 Å². The van der Waals surface area contributed by atoms with Gasteiger partial charge in [-0.15, -0.1) is 11.3 Å². The van der Waals surface area contributed by atoms with E-state index in [4.69, 9.17) is 0 Å². The van der Waals surface area contributed by atoms with Crippen LogP contribution in [0.15, 0.2) is 35.2 Å². The van der Waals surface area contributed by atoms with Gasteiger partial charge in [0.25, 0.3) is 0 Å². The zero-order valence-electron chi connectivity index (χ0n) is 14.5. The van der Waals surface area contributed by atoms with Crippen molar-refractivity contribution in [3.63, 3.8) is 0 Å². The molecule has 0 radical (unpaired) electrons. The van der Waals surface area contributed by atoms with Gasteiger partial charge in [0.15, 0.2) is 0 Å². The summed E-state index contributed by atoms with van der Waals surface area (Å²) in [5.74, 6) is 0.816. The lowest BCUT2D eigenvalue weighted by atomic mass is 9.94. The van der Waals surface area contributed by atoms with Gasteiger partial charge in [0, 0.05) is 44.1 Å². The van der Waals surface area contributed by atoms with Gasteiger partial charge in [0.1, 0.15) is 0 Å². The minimum absolute atomic E-state index is 0.701. The Labute approximate surface area is 149 Å². The molecule has 128 valence electrons. The fourth-order valence-electron chi connectivity index (χ4n) is 4.42. The van der Waals surface area contributed by atoms with Crippen LogP contribution in [0.5, 0.6) is 0 Å². The molecule has 5 rings (SSSR count). The van der Waals surface area contributed by atoms with Crippen molar-refractivity contribution in [1.82, 2.24) is 14.8 Å². The van der Waals surface area contributed by atoms with Gasteiger partial charge in [-0.3, -0.25) is 9.80 Å². The standard InChI is InChI=1S/C20H27N3S/c1-2-17-5-3-4-6-18(17)11-23-10-16-7-8-20(23)13-22(9-16)12-19-14-24-15-21-19/h3-6,14-16,20H,2,7-13H2,1H3/t16-,20+/m0/s1. The van der Waals surface area contributed by atoms with Crippen molar-refractivity contribution in [3.8, 4) is 0 Å². The second-order valence-electron chi connectivity index (χ2n) is 7.32. The van der Waals surface area contributed by atoms with E-state index < -0.39 is 0 Å². The largest absolute Gasteiger partial charge is 0.296 e. The number of hydrogen-bond acceptors (Lipinski definition) is 4. The maximum absolute atomic E-state index is 4.48. The number of aryl methyl sites for hydroxylation is 1. The first-order valence-electron chi connectivity index (χ1n) is 9.22. The van der Waals surface area contributed by atoms with Crippen molar-refractivity contribution in [2.75, 3.05) is 19.6 Å². The molecule has 2 bridgehead atoms. The molecule has 0 amide bonds. The van der Waals surface area contributed by atoms with E-state index in [1.54, 1.807) is 11.3 Å². The van der Waals surface area contributed by atoms with Crippen LogP contribution in [0.25, 0.3) is 0 Å². The van der Waals surface area contributed by atoms with Gasteiger partial charge >= 0.3 is 0 Å². The Bertz CT molecular complexity index is 655. The van der Waals surface area contributed by atoms with Crippen LogP contribution in [-0.2, 0) is 19.5 Å². The lowest BCUT2D eigenvalue weighted by Crippen LogP contribution is -2.43. The van der Waals surface area contributed by atoms with Crippen LogP contribution < -0.4 is 0 Å². The topological polar surface area (TPSA) is 19.4 Å². The summed E-state index contributed by atoms with van der Waals surface area (Å²) in [7, 11) is 0. The van der Waals surface area contributed by atoms with Crippen LogP contribution >= 0.6 is 11.3 Å². The first-order valence-corrected chi connectivity index (χ1v) is 10.2. The Kier molecular flexibility index (Phi) is 4.97. The zero-order chi connectivity index (χ0) is 16.4. The third kappa shape index (κ3) is 3.56. The summed E-state index contributed by atoms with van der Waals surface area (Å²) in [4.78, 5) is 9.88. The summed E-state index contributed by atoms with van der Waals surface area (Å²) >= 11 is 1.71. The fourth-order valence-corrected chi connectivity index (χ4v) is 4.97. The van der Waals surface area contributed by atoms with Crippen molar-refractivity contribution in [3.05, 3.63) is 52.0 Å². The van der Waals surface area contributed by atoms with Crippen molar-refractivity contribution in [1.29, 1.82) is 0 Å². The van der Waals surface area contributed by atoms with Crippen LogP contribution in [0.1, 0.15) is 36.6 Å². The first kappa shape index (κ1) is 16.2. The number of benzene rings is 1. The van der Waals surface area contributed by atoms with E-state index in [2.05, 4.69) is 51.4 Å². The summed E-state index contributed by atoms with van der Waals surface area (Å²) in [5.41, 5.74) is 6.23. The third-order valence-corrected chi connectivity index (χ3v) is 6.28. The Morgan fingerprint density at radius 3 is 2.75 bits per heavy atom. The average Bonchev–Trinajstić information content (AvgIpc) is 2.96. The number of hydrogen-bond donors (Lipinski definition) is 0. The first-order chi connectivity index (χ1) is 11.8. The van der Waals surface area contributed by atoms with Gasteiger partial charge < -0.3 is 0 Å². The van der Waals surface area contributed by atoms with Crippen molar-refractivity contribution in [2.24, 2.45) is 5.92 Å². The molecule has 3 aliphatic rings. The van der Waals surface area contributed by atoms with E-state index in [0.717, 1.165) is 25.4 Å². The van der Waals surface area contributed by atoms with Crippen LogP contribution in [0.3, 0.4) is 0 Å². The number of thiazole rings is 1. The molecule has 0 N–H and O–H groups in total. The van der Waals surface area contributed by atoms with E-state index in [9.17, 15) is 0 Å². The molecule has 4 heterocycles. The fraction of sp³-hybridized carbons (Fsp3) is 0.550. The average molecular weight is 342 g/mol. The molecule has 1 aromatic heterocycles. The van der Waals surface area contributed by atoms with Crippen LogP contribution in [-0.4, -0.2) is 40.5 Å². The number of piperidine rings is 1. The Morgan fingerprint density at radius 1 is 1.08 bits per heavy atom. The molecule has 4 heteroatoms. The Morgan fingerprint density at radius 2 is 1.96 bits per heavy atom. The molecule has 3 aliphatic heterocycles. The predicted octanol–water partition coefficient (Wildman–Crippen LogP) is 3.80. The number of fused-ring (bicyclic) bond motifs is 4. The smallest absolute Gasteiger partial charge is 0.0795 e. The number of aromatic nitrogens is 1. The summed E-state index contributed by atoms with van der Waals surface area (Å²) in [6.07, 6.45) is 3.88. The molecule has 3 fully saturated rings. The molecule has 1 aromatic carbocycles. The summed E-state index contributed by atoms with van der Waals surface area (Å²) in [5, 5.41) is 2.20. The highest BCUT2D eigenvalue weighted by molar-refractivity contribution is 7.07. The summed E-state index contributed by atoms with van der Waals surface area (Å²) < 4.78 is 0. The molecule has 24 heavy (non-hydrogen) atoms. The molecule has 0 aliphatic carbocycles. The predicted molar refractivity (Wildman–Crippen MR) is 100 cm³/mol. The lowest BCUT2D eigenvalue weighted by Gasteiger charge is -2.36. The highest BCUT2D eigenvalue weighted by Gasteiger charge is 2.34. The quantitative estimate of drug-likeness (QED) is 0.824. The normalized spacial score (nSPS) is 25.0. The maximum atomic E-state index is 4.48. The Hall–Kier alpha value is -1.23. The minimum atomic E-state index is 0.701. The highest BCUT2D eigenvalue weighted by Crippen LogP contribution is 2.30. The van der Waals surface area contributed by atoms with E-state index in [-0.39, 0.29) is 0 Å². The van der Waals surface area contributed by atoms with Crippen molar-refractivity contribution >= 4 is 11.3 Å². The van der Waals surface area contributed by atoms with Crippen molar-refractivity contribution in [2.45, 2.75) is 45.3 Å². The monoisotopic (exact) mass is 341 g/mol. The van der Waals surface area contributed by atoms with Crippen molar-refractivity contribution < 1.29 is 0 Å². The molecule has 0 saturated carbocycles. The highest BCUT2D eigenvalue weighted by atomic mass is 32.1. The van der Waals surface area contributed by atoms with E-state index in [0.29, 0.717) is 6.04 Å². The lowest BCUT2D eigenvalue weighted by molar-refractivity contribution is 0.122. The zero-order valence-corrected chi connectivity index (χ0v) is 15.3. The maximum Gasteiger partial charge on any atom is 0.0795 e. The molecule has 2 aromatic rings. The van der Waals surface area contributed by atoms with Gasteiger partial charge in [0.05, 0.1) is 11.2 Å². The van der Waals surface area contributed by atoms with Gasteiger partial charge in [0.2, 0.25) is 0 Å². The summed E-state index contributed by atoms with van der Waals surface area (Å²) in [6, 6.07) is 9.68. The van der Waals surface area contributed by atoms with Gasteiger partial charge in [-0.1, -0.05) is 31.2 Å². The molecule has 3 saturated heterocycles. The third-order valence-electron chi connectivity index (χ3n) is 5.64. The van der Waals surface area contributed by atoms with Crippen LogP contribution in [0.4, 0.5) is 0 Å². The van der Waals surface area contributed by atoms with E-state index in [1.165, 1.54) is 49.3 Å². The van der Waals surface area contributed by atoms with E-state index >= 15 is 0 Å². The molecule has 2 atom stereocenters. The van der Waals surface area contributed by atoms with Gasteiger partial charge in [-0.05, 0) is 36.3 Å². The molecule has 3 nitrogen and oxygen atoms in total. The molecule has 0 unspecified atom stereocenters. The van der Waals surface area contributed by atoms with Crippen LogP contribution in [0, 0.1) is 5.92 Å². The second kappa shape index (κ2) is 7.34. The number of rotatable bonds is 5. The summed E-state index contributed by atoms with van der Waals surface area (Å²) in [6.45, 7) is 8.10.